The van der Waals surface area contributed by atoms with Gasteiger partial charge >= 0.3 is 0 Å². The molecule has 0 aromatic carbocycles. The van der Waals surface area contributed by atoms with Gasteiger partial charge in [-0.2, -0.15) is 0 Å². The van der Waals surface area contributed by atoms with Crippen LogP contribution in [0.4, 0.5) is 0 Å². The molecule has 0 aromatic heterocycles. The summed E-state index contributed by atoms with van der Waals surface area (Å²) in [4.78, 5) is 0. The van der Waals surface area contributed by atoms with Gasteiger partial charge in [-0.25, -0.2) is 12.7 Å². The fourth-order valence-electron chi connectivity index (χ4n) is 3.40. The highest BCUT2D eigenvalue weighted by molar-refractivity contribution is 7.88. The summed E-state index contributed by atoms with van der Waals surface area (Å²) in [6.45, 7) is 3.64. The van der Waals surface area contributed by atoms with Crippen molar-refractivity contribution in [3.8, 4) is 0 Å². The summed E-state index contributed by atoms with van der Waals surface area (Å²) in [5.74, 6) is 0.831. The molecule has 0 bridgehead atoms. The van der Waals surface area contributed by atoms with Gasteiger partial charge in [-0.05, 0) is 31.6 Å². The summed E-state index contributed by atoms with van der Waals surface area (Å²) < 4.78 is 24.5. The van der Waals surface area contributed by atoms with Crippen molar-refractivity contribution >= 4 is 10.0 Å². The highest BCUT2D eigenvalue weighted by Gasteiger charge is 2.30. The molecule has 4 nitrogen and oxygen atoms in total. The van der Waals surface area contributed by atoms with E-state index in [1.807, 2.05) is 0 Å². The predicted molar refractivity (Wildman–Crippen MR) is 74.0 cm³/mol. The van der Waals surface area contributed by atoms with E-state index in [0.717, 1.165) is 18.8 Å². The molecule has 0 radical (unpaired) electrons. The Morgan fingerprint density at radius 3 is 2.39 bits per heavy atom. The third-order valence-electron chi connectivity index (χ3n) is 4.56. The maximum atomic E-state index is 11.4. The Hall–Kier alpha value is -0.130. The Labute approximate surface area is 111 Å². The zero-order chi connectivity index (χ0) is 13.2. The summed E-state index contributed by atoms with van der Waals surface area (Å²) in [5, 5.41) is 3.77. The second-order valence-corrected chi connectivity index (χ2v) is 7.79. The van der Waals surface area contributed by atoms with Crippen molar-refractivity contribution in [3.63, 3.8) is 0 Å². The highest BCUT2D eigenvalue weighted by Crippen LogP contribution is 2.29. The van der Waals surface area contributed by atoms with Gasteiger partial charge < -0.3 is 5.32 Å². The van der Waals surface area contributed by atoms with Gasteiger partial charge in [-0.1, -0.05) is 19.8 Å². The number of hydrogen-bond donors (Lipinski definition) is 1. The van der Waals surface area contributed by atoms with Crippen LogP contribution in [0.25, 0.3) is 0 Å². The molecule has 2 fully saturated rings. The van der Waals surface area contributed by atoms with Gasteiger partial charge in [0.1, 0.15) is 0 Å². The van der Waals surface area contributed by atoms with Gasteiger partial charge in [-0.15, -0.1) is 0 Å². The van der Waals surface area contributed by atoms with Crippen LogP contribution < -0.4 is 5.32 Å². The molecule has 2 aliphatic rings. The van der Waals surface area contributed by atoms with Crippen molar-refractivity contribution in [2.45, 2.75) is 57.5 Å². The first-order valence-corrected chi connectivity index (χ1v) is 9.06. The minimum absolute atomic E-state index is 0.514. The minimum atomic E-state index is -2.99. The molecule has 1 saturated heterocycles. The van der Waals surface area contributed by atoms with Crippen molar-refractivity contribution in [2.75, 3.05) is 19.3 Å². The van der Waals surface area contributed by atoms with E-state index in [-0.39, 0.29) is 0 Å². The van der Waals surface area contributed by atoms with E-state index in [0.29, 0.717) is 25.2 Å². The number of nitrogens with one attached hydrogen (secondary N) is 1. The second-order valence-electron chi connectivity index (χ2n) is 5.81. The van der Waals surface area contributed by atoms with E-state index in [2.05, 4.69) is 12.2 Å². The molecule has 1 heterocycles. The largest absolute Gasteiger partial charge is 0.311 e. The molecule has 1 N–H and O–H groups in total. The van der Waals surface area contributed by atoms with E-state index in [9.17, 15) is 8.42 Å². The predicted octanol–water partition coefficient (Wildman–Crippen LogP) is 1.58. The summed E-state index contributed by atoms with van der Waals surface area (Å²) >= 11 is 0. The van der Waals surface area contributed by atoms with Crippen LogP contribution in [-0.4, -0.2) is 44.2 Å². The van der Waals surface area contributed by atoms with Gasteiger partial charge in [0.15, 0.2) is 0 Å². The molecular weight excluding hydrogens is 248 g/mol. The van der Waals surface area contributed by atoms with E-state index in [1.54, 1.807) is 4.31 Å². The quantitative estimate of drug-likeness (QED) is 0.847. The van der Waals surface area contributed by atoms with Gasteiger partial charge in [0.2, 0.25) is 10.0 Å². The molecule has 2 rings (SSSR count). The first-order valence-electron chi connectivity index (χ1n) is 7.22. The van der Waals surface area contributed by atoms with E-state index >= 15 is 0 Å². The molecule has 0 amide bonds. The van der Waals surface area contributed by atoms with E-state index in [4.69, 9.17) is 0 Å². The Kier molecular flexibility index (Phi) is 4.67. The first kappa shape index (κ1) is 14.3. The third kappa shape index (κ3) is 3.45. The van der Waals surface area contributed by atoms with Crippen molar-refractivity contribution in [2.24, 2.45) is 5.92 Å². The maximum absolute atomic E-state index is 11.4. The maximum Gasteiger partial charge on any atom is 0.211 e. The Balaban J connectivity index is 1.80. The fraction of sp³-hybridized carbons (Fsp3) is 1.00. The normalized spacial score (nSPS) is 31.9. The van der Waals surface area contributed by atoms with Crippen LogP contribution in [0.15, 0.2) is 0 Å². The fourth-order valence-corrected chi connectivity index (χ4v) is 4.28. The molecule has 106 valence electrons. The Bertz CT molecular complexity index is 361. The number of rotatable bonds is 4. The van der Waals surface area contributed by atoms with Crippen LogP contribution in [-0.2, 0) is 10.0 Å². The van der Waals surface area contributed by atoms with E-state index < -0.39 is 10.0 Å². The smallest absolute Gasteiger partial charge is 0.211 e. The summed E-state index contributed by atoms with van der Waals surface area (Å²) in [6.07, 6.45) is 8.49. The SMILES string of the molecule is CCC1CCCC1NC1CCN(S(C)(=O)=O)CC1. The van der Waals surface area contributed by atoms with Crippen molar-refractivity contribution in [1.82, 2.24) is 9.62 Å². The van der Waals surface area contributed by atoms with Gasteiger partial charge in [-0.3, -0.25) is 0 Å². The number of piperidine rings is 1. The molecule has 2 atom stereocenters. The van der Waals surface area contributed by atoms with Crippen molar-refractivity contribution < 1.29 is 8.42 Å². The van der Waals surface area contributed by atoms with Crippen LogP contribution in [0.5, 0.6) is 0 Å². The van der Waals surface area contributed by atoms with Gasteiger partial charge in [0, 0.05) is 25.2 Å². The summed E-state index contributed by atoms with van der Waals surface area (Å²) in [6, 6.07) is 1.19. The van der Waals surface area contributed by atoms with Gasteiger partial charge in [0.05, 0.1) is 6.26 Å². The lowest BCUT2D eigenvalue weighted by molar-refractivity contribution is 0.255. The highest BCUT2D eigenvalue weighted by atomic mass is 32.2. The van der Waals surface area contributed by atoms with Crippen LogP contribution in [0.3, 0.4) is 0 Å². The molecule has 18 heavy (non-hydrogen) atoms. The average molecular weight is 274 g/mol. The van der Waals surface area contributed by atoms with Crippen LogP contribution in [0.2, 0.25) is 0 Å². The first-order chi connectivity index (χ1) is 8.50. The zero-order valence-electron chi connectivity index (χ0n) is 11.6. The molecule has 5 heteroatoms. The van der Waals surface area contributed by atoms with Crippen molar-refractivity contribution in [3.05, 3.63) is 0 Å². The number of sulfonamides is 1. The van der Waals surface area contributed by atoms with Crippen molar-refractivity contribution in [1.29, 1.82) is 0 Å². The topological polar surface area (TPSA) is 49.4 Å². The number of hydrogen-bond acceptors (Lipinski definition) is 3. The Morgan fingerprint density at radius 1 is 1.17 bits per heavy atom. The lowest BCUT2D eigenvalue weighted by Gasteiger charge is -2.33. The Morgan fingerprint density at radius 2 is 1.83 bits per heavy atom. The van der Waals surface area contributed by atoms with Crippen LogP contribution >= 0.6 is 0 Å². The average Bonchev–Trinajstić information content (AvgIpc) is 2.76. The van der Waals surface area contributed by atoms with Crippen LogP contribution in [0.1, 0.15) is 45.4 Å². The van der Waals surface area contributed by atoms with Gasteiger partial charge in [0.25, 0.3) is 0 Å². The molecule has 0 aromatic rings. The molecular formula is C13H26N2O2S. The molecule has 1 saturated carbocycles. The number of nitrogens with zero attached hydrogens (tertiary/aromatic N) is 1. The monoisotopic (exact) mass is 274 g/mol. The van der Waals surface area contributed by atoms with Crippen LogP contribution in [0, 0.1) is 5.92 Å². The lowest BCUT2D eigenvalue weighted by Crippen LogP contribution is -2.48. The summed E-state index contributed by atoms with van der Waals surface area (Å²) in [5.41, 5.74) is 0. The molecule has 2 unspecified atom stereocenters. The molecule has 0 spiro atoms. The van der Waals surface area contributed by atoms with E-state index in [1.165, 1.54) is 31.9 Å². The third-order valence-corrected chi connectivity index (χ3v) is 5.86. The molecule has 1 aliphatic heterocycles. The zero-order valence-corrected chi connectivity index (χ0v) is 12.4. The molecule has 1 aliphatic carbocycles. The lowest BCUT2D eigenvalue weighted by atomic mass is 9.98. The summed E-state index contributed by atoms with van der Waals surface area (Å²) in [7, 11) is -2.99. The second kappa shape index (κ2) is 5.88. The minimum Gasteiger partial charge on any atom is -0.311 e. The standard InChI is InChI=1S/C13H26N2O2S/c1-3-11-5-4-6-13(11)14-12-7-9-15(10-8-12)18(2,16)17/h11-14H,3-10H2,1-2H3.